The Labute approximate surface area is 100 Å². The number of rotatable bonds is 2. The van der Waals surface area contributed by atoms with Crippen molar-refractivity contribution < 1.29 is 8.42 Å². The molecule has 0 amide bonds. The lowest BCUT2D eigenvalue weighted by molar-refractivity contribution is 0.598. The summed E-state index contributed by atoms with van der Waals surface area (Å²) in [5.74, 6) is 0. The second-order valence-electron chi connectivity index (χ2n) is 3.85. The third kappa shape index (κ3) is 2.31. The highest BCUT2D eigenvalue weighted by Crippen LogP contribution is 2.30. The number of anilines is 1. The Morgan fingerprint density at radius 1 is 1.25 bits per heavy atom. The van der Waals surface area contributed by atoms with E-state index < -0.39 is 10.0 Å². The van der Waals surface area contributed by atoms with Gasteiger partial charge >= 0.3 is 0 Å². The molecule has 1 saturated heterocycles. The predicted molar refractivity (Wildman–Crippen MR) is 64.3 cm³/mol. The molecule has 0 saturated carbocycles. The lowest BCUT2D eigenvalue weighted by Gasteiger charge is -2.19. The summed E-state index contributed by atoms with van der Waals surface area (Å²) in [6.45, 7) is 1.82. The number of hydrogen-bond acceptors (Lipinski definition) is 3. The van der Waals surface area contributed by atoms with Crippen LogP contribution in [0.1, 0.15) is 12.8 Å². The molecule has 4 nitrogen and oxygen atoms in total. The van der Waals surface area contributed by atoms with Crippen LogP contribution in [-0.4, -0.2) is 21.5 Å². The quantitative estimate of drug-likeness (QED) is 0.878. The summed E-state index contributed by atoms with van der Waals surface area (Å²) in [6, 6.07) is 4.55. The average molecular weight is 261 g/mol. The van der Waals surface area contributed by atoms with Gasteiger partial charge in [-0.2, -0.15) is 0 Å². The maximum absolute atomic E-state index is 11.2. The van der Waals surface area contributed by atoms with Crippen molar-refractivity contribution in [1.82, 2.24) is 0 Å². The SMILES string of the molecule is NS(=O)(=O)c1ccc(Cl)c(N2CCCC2)c1. The van der Waals surface area contributed by atoms with E-state index in [1.807, 2.05) is 0 Å². The molecule has 1 aromatic rings. The molecule has 16 heavy (non-hydrogen) atoms. The molecule has 1 aliphatic heterocycles. The fourth-order valence-corrected chi connectivity index (χ4v) is 2.64. The van der Waals surface area contributed by atoms with E-state index in [0.29, 0.717) is 5.02 Å². The summed E-state index contributed by atoms with van der Waals surface area (Å²) in [6.07, 6.45) is 2.21. The van der Waals surface area contributed by atoms with Crippen molar-refractivity contribution >= 4 is 27.3 Å². The van der Waals surface area contributed by atoms with E-state index in [4.69, 9.17) is 16.7 Å². The summed E-state index contributed by atoms with van der Waals surface area (Å²) in [5, 5.41) is 5.65. The van der Waals surface area contributed by atoms with Gasteiger partial charge in [-0.15, -0.1) is 0 Å². The highest BCUT2D eigenvalue weighted by molar-refractivity contribution is 7.89. The van der Waals surface area contributed by atoms with Gasteiger partial charge in [-0.1, -0.05) is 11.6 Å². The predicted octanol–water partition coefficient (Wildman–Crippen LogP) is 1.59. The molecular formula is C10H13ClN2O2S. The summed E-state index contributed by atoms with van der Waals surface area (Å²) >= 11 is 6.05. The van der Waals surface area contributed by atoms with Crippen LogP contribution in [0, 0.1) is 0 Å². The monoisotopic (exact) mass is 260 g/mol. The maximum atomic E-state index is 11.2. The van der Waals surface area contributed by atoms with Crippen LogP contribution in [-0.2, 0) is 10.0 Å². The highest BCUT2D eigenvalue weighted by atomic mass is 35.5. The number of sulfonamides is 1. The Balaban J connectivity index is 2.44. The van der Waals surface area contributed by atoms with Gasteiger partial charge in [0.2, 0.25) is 10.0 Å². The number of nitrogens with zero attached hydrogens (tertiary/aromatic N) is 1. The van der Waals surface area contributed by atoms with Crippen molar-refractivity contribution in [3.8, 4) is 0 Å². The van der Waals surface area contributed by atoms with Gasteiger partial charge in [0.1, 0.15) is 0 Å². The number of nitrogens with two attached hydrogens (primary N) is 1. The minimum Gasteiger partial charge on any atom is -0.370 e. The summed E-state index contributed by atoms with van der Waals surface area (Å²) in [4.78, 5) is 2.19. The zero-order valence-corrected chi connectivity index (χ0v) is 10.3. The van der Waals surface area contributed by atoms with E-state index in [-0.39, 0.29) is 4.90 Å². The molecule has 1 aliphatic rings. The fraction of sp³-hybridized carbons (Fsp3) is 0.400. The van der Waals surface area contributed by atoms with Crippen LogP contribution in [0.25, 0.3) is 0 Å². The van der Waals surface area contributed by atoms with Crippen LogP contribution in [0.5, 0.6) is 0 Å². The molecule has 1 fully saturated rings. The van der Waals surface area contributed by atoms with E-state index >= 15 is 0 Å². The van der Waals surface area contributed by atoms with Crippen molar-refractivity contribution in [3.63, 3.8) is 0 Å². The second-order valence-corrected chi connectivity index (χ2v) is 5.82. The van der Waals surface area contributed by atoms with Gasteiger partial charge in [-0.05, 0) is 31.0 Å². The summed E-state index contributed by atoms with van der Waals surface area (Å²) in [7, 11) is -3.66. The molecule has 1 heterocycles. The van der Waals surface area contributed by atoms with Crippen LogP contribution in [0.15, 0.2) is 23.1 Å². The molecule has 1 aromatic carbocycles. The van der Waals surface area contributed by atoms with Gasteiger partial charge in [-0.25, -0.2) is 13.6 Å². The van der Waals surface area contributed by atoms with Gasteiger partial charge in [0.25, 0.3) is 0 Å². The van der Waals surface area contributed by atoms with Crippen LogP contribution in [0.2, 0.25) is 5.02 Å². The minimum atomic E-state index is -3.66. The molecule has 88 valence electrons. The van der Waals surface area contributed by atoms with Crippen LogP contribution < -0.4 is 10.0 Å². The van der Waals surface area contributed by atoms with Gasteiger partial charge in [-0.3, -0.25) is 0 Å². The third-order valence-electron chi connectivity index (χ3n) is 2.69. The first-order chi connectivity index (χ1) is 7.48. The topological polar surface area (TPSA) is 63.4 Å². The van der Waals surface area contributed by atoms with Crippen molar-refractivity contribution in [2.45, 2.75) is 17.7 Å². The molecule has 0 spiro atoms. The number of benzene rings is 1. The fourth-order valence-electron chi connectivity index (χ4n) is 1.87. The molecule has 2 rings (SSSR count). The van der Waals surface area contributed by atoms with Crippen LogP contribution in [0.4, 0.5) is 5.69 Å². The smallest absolute Gasteiger partial charge is 0.238 e. The van der Waals surface area contributed by atoms with Gasteiger partial charge in [0, 0.05) is 13.1 Å². The summed E-state index contributed by atoms with van der Waals surface area (Å²) in [5.41, 5.74) is 0.755. The zero-order chi connectivity index (χ0) is 11.8. The molecule has 0 aromatic heterocycles. The maximum Gasteiger partial charge on any atom is 0.238 e. The van der Waals surface area contributed by atoms with E-state index in [2.05, 4.69) is 4.90 Å². The average Bonchev–Trinajstić information content (AvgIpc) is 2.69. The van der Waals surface area contributed by atoms with E-state index in [1.54, 1.807) is 12.1 Å². The molecule has 0 unspecified atom stereocenters. The molecule has 0 radical (unpaired) electrons. The Hall–Kier alpha value is -0.780. The highest BCUT2D eigenvalue weighted by Gasteiger charge is 2.18. The van der Waals surface area contributed by atoms with Gasteiger partial charge < -0.3 is 4.90 Å². The first kappa shape index (κ1) is 11.7. The molecule has 2 N–H and O–H groups in total. The van der Waals surface area contributed by atoms with Gasteiger partial charge in [0.15, 0.2) is 0 Å². The Morgan fingerprint density at radius 3 is 2.44 bits per heavy atom. The normalized spacial score (nSPS) is 16.8. The van der Waals surface area contributed by atoms with Crippen molar-refractivity contribution in [2.75, 3.05) is 18.0 Å². The minimum absolute atomic E-state index is 0.110. The molecule has 0 bridgehead atoms. The van der Waals surface area contributed by atoms with Crippen LogP contribution in [0.3, 0.4) is 0 Å². The Kier molecular flexibility index (Phi) is 3.10. The molecule has 0 aliphatic carbocycles. The Bertz CT molecular complexity index is 496. The molecule has 0 atom stereocenters. The van der Waals surface area contributed by atoms with Crippen molar-refractivity contribution in [2.24, 2.45) is 5.14 Å². The Morgan fingerprint density at radius 2 is 1.88 bits per heavy atom. The van der Waals surface area contributed by atoms with E-state index in [1.165, 1.54) is 6.07 Å². The number of hydrogen-bond donors (Lipinski definition) is 1. The second kappa shape index (κ2) is 4.24. The van der Waals surface area contributed by atoms with E-state index in [9.17, 15) is 8.42 Å². The molecular weight excluding hydrogens is 248 g/mol. The van der Waals surface area contributed by atoms with Crippen molar-refractivity contribution in [3.05, 3.63) is 23.2 Å². The van der Waals surface area contributed by atoms with E-state index in [0.717, 1.165) is 31.6 Å². The van der Waals surface area contributed by atoms with Crippen LogP contribution >= 0.6 is 11.6 Å². The number of halogens is 1. The zero-order valence-electron chi connectivity index (χ0n) is 8.69. The number of primary sulfonamides is 1. The molecule has 6 heteroatoms. The summed E-state index contributed by atoms with van der Waals surface area (Å²) < 4.78 is 22.5. The lowest BCUT2D eigenvalue weighted by Crippen LogP contribution is -2.19. The first-order valence-electron chi connectivity index (χ1n) is 5.06. The third-order valence-corrected chi connectivity index (χ3v) is 3.92. The standard InChI is InChI=1S/C10H13ClN2O2S/c11-9-4-3-8(16(12,14)15)7-10(9)13-5-1-2-6-13/h3-4,7H,1-2,5-6H2,(H2,12,14,15). The van der Waals surface area contributed by atoms with Crippen molar-refractivity contribution in [1.29, 1.82) is 0 Å². The van der Waals surface area contributed by atoms with Gasteiger partial charge in [0.05, 0.1) is 15.6 Å². The first-order valence-corrected chi connectivity index (χ1v) is 6.98. The largest absolute Gasteiger partial charge is 0.370 e. The lowest BCUT2D eigenvalue weighted by atomic mass is 10.3.